The summed E-state index contributed by atoms with van der Waals surface area (Å²) in [6.45, 7) is 2.97. The van der Waals surface area contributed by atoms with Crippen LogP contribution in [-0.2, 0) is 6.42 Å². The Bertz CT molecular complexity index is 482. The maximum absolute atomic E-state index is 12.3. The van der Waals surface area contributed by atoms with Crippen LogP contribution in [0.2, 0.25) is 0 Å². The van der Waals surface area contributed by atoms with E-state index in [4.69, 9.17) is 12.2 Å². The molecule has 0 atom stereocenters. The Labute approximate surface area is 107 Å². The molecule has 1 saturated carbocycles. The Morgan fingerprint density at radius 1 is 1.67 bits per heavy atom. The molecule has 1 aromatic rings. The number of aryl methyl sites for hydroxylation is 1. The Morgan fingerprint density at radius 3 is 2.89 bits per heavy atom. The number of aromatic amines is 1. The maximum Gasteiger partial charge on any atom is 0.277 e. The minimum absolute atomic E-state index is 0.173. The Balaban J connectivity index is 2.15. The zero-order valence-electron chi connectivity index (χ0n) is 10.6. The molecule has 0 saturated heterocycles. The average molecular weight is 246 g/mol. The highest BCUT2D eigenvalue weighted by atomic mass is 16.2. The average Bonchev–Trinajstić information content (AvgIpc) is 3.10. The third-order valence-electron chi connectivity index (χ3n) is 3.18. The number of nitrogens with zero attached hydrogens (tertiary/aromatic N) is 2. The van der Waals surface area contributed by atoms with Gasteiger partial charge in [0.2, 0.25) is 0 Å². The molecule has 1 aliphatic carbocycles. The fourth-order valence-corrected chi connectivity index (χ4v) is 1.91. The summed E-state index contributed by atoms with van der Waals surface area (Å²) in [5.74, 6) is 2.94. The van der Waals surface area contributed by atoms with Gasteiger partial charge in [0.1, 0.15) is 0 Å². The number of amides is 1. The summed E-state index contributed by atoms with van der Waals surface area (Å²) in [6.07, 6.45) is 8.38. The fraction of sp³-hybridized carbons (Fsp3) is 0.538. The standard InChI is InChI=1S/C13H18N4O/c1-3-7-17(8-9-5-6-9)13(18)12-11(14)10(4-2)15-16-12/h1,9H,4-8,14H2,2H3,(H,15,16). The number of hydrogen-bond acceptors (Lipinski definition) is 3. The number of nitrogens with two attached hydrogens (primary N) is 1. The lowest BCUT2D eigenvalue weighted by atomic mass is 10.2. The number of carbonyl (C=O) groups is 1. The maximum atomic E-state index is 12.3. The molecule has 0 aliphatic heterocycles. The van der Waals surface area contributed by atoms with Crippen molar-refractivity contribution in [3.8, 4) is 12.3 Å². The van der Waals surface area contributed by atoms with Gasteiger partial charge in [-0.1, -0.05) is 12.8 Å². The highest BCUT2D eigenvalue weighted by Crippen LogP contribution is 2.30. The first-order valence-electron chi connectivity index (χ1n) is 6.22. The van der Waals surface area contributed by atoms with Gasteiger partial charge < -0.3 is 10.6 Å². The van der Waals surface area contributed by atoms with Crippen molar-refractivity contribution >= 4 is 11.6 Å². The second-order valence-electron chi connectivity index (χ2n) is 4.65. The third-order valence-corrected chi connectivity index (χ3v) is 3.18. The van der Waals surface area contributed by atoms with Crippen LogP contribution < -0.4 is 5.73 Å². The molecule has 0 radical (unpaired) electrons. The monoisotopic (exact) mass is 246 g/mol. The van der Waals surface area contributed by atoms with E-state index in [1.54, 1.807) is 4.90 Å². The number of hydrogen-bond donors (Lipinski definition) is 2. The summed E-state index contributed by atoms with van der Waals surface area (Å²) in [6, 6.07) is 0. The van der Waals surface area contributed by atoms with Crippen LogP contribution in [-0.4, -0.2) is 34.1 Å². The predicted molar refractivity (Wildman–Crippen MR) is 69.8 cm³/mol. The number of terminal acetylenes is 1. The second-order valence-corrected chi connectivity index (χ2v) is 4.65. The molecule has 2 rings (SSSR count). The van der Waals surface area contributed by atoms with E-state index in [9.17, 15) is 4.79 Å². The lowest BCUT2D eigenvalue weighted by Crippen LogP contribution is -2.34. The van der Waals surface area contributed by atoms with Crippen LogP contribution in [0.25, 0.3) is 0 Å². The molecule has 1 aliphatic rings. The lowest BCUT2D eigenvalue weighted by molar-refractivity contribution is 0.0765. The molecular weight excluding hydrogens is 228 g/mol. The molecule has 0 spiro atoms. The van der Waals surface area contributed by atoms with Crippen molar-refractivity contribution in [1.29, 1.82) is 0 Å². The number of rotatable bonds is 5. The molecule has 0 unspecified atom stereocenters. The SMILES string of the molecule is C#CCN(CC1CC1)C(=O)c1n[nH]c(CC)c1N. The Morgan fingerprint density at radius 2 is 2.39 bits per heavy atom. The first-order valence-corrected chi connectivity index (χ1v) is 6.22. The van der Waals surface area contributed by atoms with Crippen LogP contribution in [0.3, 0.4) is 0 Å². The molecule has 1 heterocycles. The summed E-state index contributed by atoms with van der Waals surface area (Å²) < 4.78 is 0. The molecule has 0 bridgehead atoms. The van der Waals surface area contributed by atoms with E-state index in [2.05, 4.69) is 16.1 Å². The smallest absolute Gasteiger partial charge is 0.277 e. The van der Waals surface area contributed by atoms with Gasteiger partial charge in [-0.3, -0.25) is 9.89 Å². The van der Waals surface area contributed by atoms with Gasteiger partial charge in [-0.05, 0) is 25.2 Å². The van der Waals surface area contributed by atoms with Gasteiger partial charge in [0.25, 0.3) is 5.91 Å². The fourth-order valence-electron chi connectivity index (χ4n) is 1.91. The van der Waals surface area contributed by atoms with Gasteiger partial charge >= 0.3 is 0 Å². The normalized spacial score (nSPS) is 14.2. The van der Waals surface area contributed by atoms with Crippen LogP contribution in [0.15, 0.2) is 0 Å². The zero-order chi connectivity index (χ0) is 13.1. The van der Waals surface area contributed by atoms with Crippen molar-refractivity contribution in [1.82, 2.24) is 15.1 Å². The number of carbonyl (C=O) groups excluding carboxylic acids is 1. The summed E-state index contributed by atoms with van der Waals surface area (Å²) in [5.41, 5.74) is 7.44. The van der Waals surface area contributed by atoms with E-state index >= 15 is 0 Å². The van der Waals surface area contributed by atoms with Gasteiger partial charge in [-0.15, -0.1) is 6.42 Å². The van der Waals surface area contributed by atoms with E-state index in [-0.39, 0.29) is 5.91 Å². The van der Waals surface area contributed by atoms with Crippen LogP contribution in [0.4, 0.5) is 5.69 Å². The number of nitrogens with one attached hydrogen (secondary N) is 1. The molecular formula is C13H18N4O. The summed E-state index contributed by atoms with van der Waals surface area (Å²) in [5, 5.41) is 6.80. The highest BCUT2D eigenvalue weighted by Gasteiger charge is 2.29. The summed E-state index contributed by atoms with van der Waals surface area (Å²) in [4.78, 5) is 14.0. The predicted octanol–water partition coefficient (Wildman–Crippen LogP) is 1.04. The molecule has 96 valence electrons. The molecule has 1 aromatic heterocycles. The van der Waals surface area contributed by atoms with Crippen molar-refractivity contribution < 1.29 is 4.79 Å². The first kappa shape index (κ1) is 12.5. The van der Waals surface area contributed by atoms with E-state index in [0.717, 1.165) is 12.1 Å². The first-order chi connectivity index (χ1) is 8.67. The topological polar surface area (TPSA) is 75.0 Å². The number of anilines is 1. The molecule has 5 nitrogen and oxygen atoms in total. The van der Waals surface area contributed by atoms with E-state index in [1.165, 1.54) is 12.8 Å². The molecule has 5 heteroatoms. The molecule has 1 fully saturated rings. The van der Waals surface area contributed by atoms with Crippen LogP contribution >= 0.6 is 0 Å². The van der Waals surface area contributed by atoms with Crippen molar-refractivity contribution in [2.24, 2.45) is 5.92 Å². The molecule has 1 amide bonds. The Hall–Kier alpha value is -1.96. The number of nitrogen functional groups attached to an aromatic ring is 1. The lowest BCUT2D eigenvalue weighted by Gasteiger charge is -2.19. The van der Waals surface area contributed by atoms with Crippen molar-refractivity contribution in [2.75, 3.05) is 18.8 Å². The van der Waals surface area contributed by atoms with Crippen LogP contribution in [0, 0.1) is 18.3 Å². The van der Waals surface area contributed by atoms with E-state index in [1.807, 2.05) is 6.92 Å². The molecule has 18 heavy (non-hydrogen) atoms. The minimum Gasteiger partial charge on any atom is -0.395 e. The quantitative estimate of drug-likeness (QED) is 0.762. The van der Waals surface area contributed by atoms with Crippen LogP contribution in [0.5, 0.6) is 0 Å². The van der Waals surface area contributed by atoms with Gasteiger partial charge in [0.15, 0.2) is 5.69 Å². The van der Waals surface area contributed by atoms with E-state index < -0.39 is 0 Å². The zero-order valence-corrected chi connectivity index (χ0v) is 10.6. The van der Waals surface area contributed by atoms with Crippen LogP contribution in [0.1, 0.15) is 35.9 Å². The number of H-pyrrole nitrogens is 1. The summed E-state index contributed by atoms with van der Waals surface area (Å²) >= 11 is 0. The van der Waals surface area contributed by atoms with Crippen molar-refractivity contribution in [3.05, 3.63) is 11.4 Å². The second kappa shape index (κ2) is 5.13. The largest absolute Gasteiger partial charge is 0.395 e. The third kappa shape index (κ3) is 2.48. The molecule has 3 N–H and O–H groups in total. The van der Waals surface area contributed by atoms with Gasteiger partial charge in [-0.25, -0.2) is 0 Å². The van der Waals surface area contributed by atoms with Crippen molar-refractivity contribution in [2.45, 2.75) is 26.2 Å². The van der Waals surface area contributed by atoms with Crippen molar-refractivity contribution in [3.63, 3.8) is 0 Å². The van der Waals surface area contributed by atoms with Gasteiger partial charge in [-0.2, -0.15) is 5.10 Å². The number of aromatic nitrogens is 2. The molecule has 0 aromatic carbocycles. The summed E-state index contributed by atoms with van der Waals surface area (Å²) in [7, 11) is 0. The Kier molecular flexibility index (Phi) is 3.56. The van der Waals surface area contributed by atoms with Gasteiger partial charge in [0, 0.05) is 6.54 Å². The van der Waals surface area contributed by atoms with E-state index in [0.29, 0.717) is 30.4 Å². The van der Waals surface area contributed by atoms with Gasteiger partial charge in [0.05, 0.1) is 17.9 Å². The highest BCUT2D eigenvalue weighted by molar-refractivity contribution is 5.97. The minimum atomic E-state index is -0.173.